The van der Waals surface area contributed by atoms with Crippen molar-refractivity contribution in [2.24, 2.45) is 0 Å². The number of nitrogens with zero attached hydrogens (tertiary/aromatic N) is 1. The number of benzene rings is 1. The summed E-state index contributed by atoms with van der Waals surface area (Å²) in [7, 11) is 1.50. The third-order valence-corrected chi connectivity index (χ3v) is 3.23. The molecule has 0 aromatic heterocycles. The predicted molar refractivity (Wildman–Crippen MR) is 76.1 cm³/mol. The molecule has 0 saturated carbocycles. The maximum absolute atomic E-state index is 12.1. The number of aliphatic hydroxyl groups excluding tert-OH is 1. The first kappa shape index (κ1) is 18.4. The van der Waals surface area contributed by atoms with Gasteiger partial charge in [0.1, 0.15) is 12.7 Å². The molecule has 8 heteroatoms. The molecule has 0 aliphatic heterocycles. The summed E-state index contributed by atoms with van der Waals surface area (Å²) in [5.41, 5.74) is 0. The van der Waals surface area contributed by atoms with Gasteiger partial charge in [-0.15, -0.1) is 0 Å². The molecule has 1 aromatic carbocycles. The van der Waals surface area contributed by atoms with E-state index in [9.17, 15) is 18.3 Å². The van der Waals surface area contributed by atoms with Gasteiger partial charge in [-0.1, -0.05) is 29.3 Å². The van der Waals surface area contributed by atoms with Gasteiger partial charge < -0.3 is 14.7 Å². The molecule has 0 radical (unpaired) electrons. The summed E-state index contributed by atoms with van der Waals surface area (Å²) >= 11 is 11.8. The Hall–Kier alpha value is -0.690. The zero-order chi connectivity index (χ0) is 16.0. The minimum absolute atomic E-state index is 0.0537. The van der Waals surface area contributed by atoms with Crippen molar-refractivity contribution in [3.05, 3.63) is 28.2 Å². The van der Waals surface area contributed by atoms with Crippen molar-refractivity contribution in [1.82, 2.24) is 4.90 Å². The number of hydrogen-bond donors (Lipinski definition) is 1. The van der Waals surface area contributed by atoms with Gasteiger partial charge in [0.25, 0.3) is 0 Å². The molecule has 21 heavy (non-hydrogen) atoms. The van der Waals surface area contributed by atoms with Crippen molar-refractivity contribution in [3.8, 4) is 5.75 Å². The minimum atomic E-state index is -4.21. The highest BCUT2D eigenvalue weighted by atomic mass is 35.5. The smallest absolute Gasteiger partial charge is 0.390 e. The Kier molecular flexibility index (Phi) is 7.06. The highest BCUT2D eigenvalue weighted by Crippen LogP contribution is 2.32. The molecule has 0 aliphatic rings. The zero-order valence-electron chi connectivity index (χ0n) is 11.3. The van der Waals surface area contributed by atoms with E-state index in [1.165, 1.54) is 11.9 Å². The van der Waals surface area contributed by atoms with Crippen molar-refractivity contribution in [1.29, 1.82) is 0 Å². The van der Waals surface area contributed by atoms with Crippen molar-refractivity contribution in [3.63, 3.8) is 0 Å². The van der Waals surface area contributed by atoms with Crippen LogP contribution in [0.5, 0.6) is 5.75 Å². The lowest BCUT2D eigenvalue weighted by atomic mass is 10.3. The van der Waals surface area contributed by atoms with Crippen LogP contribution in [-0.2, 0) is 0 Å². The maximum Gasteiger partial charge on any atom is 0.390 e. The quantitative estimate of drug-likeness (QED) is 0.819. The van der Waals surface area contributed by atoms with Crippen LogP contribution in [0.2, 0.25) is 10.0 Å². The Morgan fingerprint density at radius 3 is 2.38 bits per heavy atom. The van der Waals surface area contributed by atoms with Crippen LogP contribution in [-0.4, -0.2) is 49.0 Å². The summed E-state index contributed by atoms with van der Waals surface area (Å²) in [6.45, 7) is -0.245. The molecule has 0 bridgehead atoms. The summed E-state index contributed by atoms with van der Waals surface area (Å²) in [6, 6.07) is 4.83. The Balaban J connectivity index is 2.39. The zero-order valence-corrected chi connectivity index (χ0v) is 12.8. The van der Waals surface area contributed by atoms with Gasteiger partial charge in [-0.05, 0) is 19.2 Å². The molecule has 1 atom stereocenters. The van der Waals surface area contributed by atoms with Gasteiger partial charge in [-0.2, -0.15) is 13.2 Å². The number of likely N-dealkylation sites (N-methyl/N-ethyl adjacent to an activating group) is 1. The third-order valence-electron chi connectivity index (χ3n) is 2.64. The fourth-order valence-electron chi connectivity index (χ4n) is 1.62. The first-order valence-corrected chi connectivity index (χ1v) is 6.95. The average molecular weight is 346 g/mol. The summed E-state index contributed by atoms with van der Waals surface area (Å²) < 4.78 is 41.5. The molecule has 1 unspecified atom stereocenters. The molecule has 3 nitrogen and oxygen atoms in total. The largest absolute Gasteiger partial charge is 0.488 e. The van der Waals surface area contributed by atoms with E-state index in [0.29, 0.717) is 10.0 Å². The monoisotopic (exact) mass is 345 g/mol. The minimum Gasteiger partial charge on any atom is -0.488 e. The van der Waals surface area contributed by atoms with E-state index in [0.717, 1.165) is 0 Å². The summed E-state index contributed by atoms with van der Waals surface area (Å²) in [5, 5.41) is 10.4. The molecular weight excluding hydrogens is 330 g/mol. The van der Waals surface area contributed by atoms with Crippen LogP contribution in [0.3, 0.4) is 0 Å². The van der Waals surface area contributed by atoms with E-state index in [2.05, 4.69) is 0 Å². The molecule has 0 heterocycles. The van der Waals surface area contributed by atoms with E-state index in [1.54, 1.807) is 18.2 Å². The number of halogens is 5. The van der Waals surface area contributed by atoms with E-state index < -0.39 is 18.7 Å². The number of para-hydroxylation sites is 1. The number of aliphatic hydroxyl groups is 1. The van der Waals surface area contributed by atoms with E-state index >= 15 is 0 Å². The Morgan fingerprint density at radius 2 is 1.86 bits per heavy atom. The van der Waals surface area contributed by atoms with Gasteiger partial charge in [0.05, 0.1) is 16.5 Å². The van der Waals surface area contributed by atoms with Gasteiger partial charge in [0, 0.05) is 13.1 Å². The highest BCUT2D eigenvalue weighted by Gasteiger charge is 2.27. The van der Waals surface area contributed by atoms with Crippen molar-refractivity contribution >= 4 is 23.2 Å². The molecule has 0 spiro atoms. The maximum atomic E-state index is 12.1. The lowest BCUT2D eigenvalue weighted by molar-refractivity contribution is -0.138. The standard InChI is InChI=1S/C13H16Cl2F3NO2/c1-19(6-5-13(16,17)18)7-9(20)8-21-12-10(14)3-2-4-11(12)15/h2-4,9,20H,5-8H2,1H3. The van der Waals surface area contributed by atoms with Crippen LogP contribution < -0.4 is 4.74 Å². The first-order chi connectivity index (χ1) is 9.69. The molecule has 0 amide bonds. The lowest BCUT2D eigenvalue weighted by Crippen LogP contribution is -2.35. The fourth-order valence-corrected chi connectivity index (χ4v) is 2.13. The molecule has 1 aromatic rings. The normalized spacial score (nSPS) is 13.5. The topological polar surface area (TPSA) is 32.7 Å². The Morgan fingerprint density at radius 1 is 1.29 bits per heavy atom. The van der Waals surface area contributed by atoms with E-state index in [1.807, 2.05) is 0 Å². The van der Waals surface area contributed by atoms with Crippen molar-refractivity contribution in [2.45, 2.75) is 18.7 Å². The number of ether oxygens (including phenoxy) is 1. The molecular formula is C13H16Cl2F3NO2. The van der Waals surface area contributed by atoms with Crippen molar-refractivity contribution < 1.29 is 23.0 Å². The molecule has 1 rings (SSSR count). The van der Waals surface area contributed by atoms with Crippen LogP contribution in [0.1, 0.15) is 6.42 Å². The summed E-state index contributed by atoms with van der Waals surface area (Å²) in [6.07, 6.45) is -6.08. The molecule has 0 aliphatic carbocycles. The molecule has 120 valence electrons. The number of rotatable bonds is 7. The van der Waals surface area contributed by atoms with Crippen LogP contribution >= 0.6 is 23.2 Å². The molecule has 1 N–H and O–H groups in total. The molecule has 0 fully saturated rings. The van der Waals surface area contributed by atoms with Crippen LogP contribution in [0, 0.1) is 0 Å². The second-order valence-electron chi connectivity index (χ2n) is 4.64. The number of hydrogen-bond acceptors (Lipinski definition) is 3. The van der Waals surface area contributed by atoms with Crippen LogP contribution in [0.4, 0.5) is 13.2 Å². The predicted octanol–water partition coefficient (Wildman–Crippen LogP) is 3.62. The van der Waals surface area contributed by atoms with Gasteiger partial charge in [-0.25, -0.2) is 0 Å². The van der Waals surface area contributed by atoms with Gasteiger partial charge in [0.2, 0.25) is 0 Å². The van der Waals surface area contributed by atoms with Crippen LogP contribution in [0.25, 0.3) is 0 Å². The number of alkyl halides is 3. The van der Waals surface area contributed by atoms with E-state index in [4.69, 9.17) is 27.9 Å². The fraction of sp³-hybridized carbons (Fsp3) is 0.538. The van der Waals surface area contributed by atoms with Crippen molar-refractivity contribution in [2.75, 3.05) is 26.7 Å². The summed E-state index contributed by atoms with van der Waals surface area (Å²) in [4.78, 5) is 1.38. The second-order valence-corrected chi connectivity index (χ2v) is 5.46. The van der Waals surface area contributed by atoms with E-state index in [-0.39, 0.29) is 25.4 Å². The van der Waals surface area contributed by atoms with Crippen LogP contribution in [0.15, 0.2) is 18.2 Å². The Bertz CT molecular complexity index is 437. The summed E-state index contributed by atoms with van der Waals surface area (Å²) in [5.74, 6) is 0.248. The third kappa shape index (κ3) is 7.22. The SMILES string of the molecule is CN(CCC(F)(F)F)CC(O)COc1c(Cl)cccc1Cl. The van der Waals surface area contributed by atoms with Gasteiger partial charge >= 0.3 is 6.18 Å². The molecule has 0 saturated heterocycles. The average Bonchev–Trinajstić information content (AvgIpc) is 2.35. The highest BCUT2D eigenvalue weighted by molar-refractivity contribution is 6.37. The van der Waals surface area contributed by atoms with Gasteiger partial charge in [-0.3, -0.25) is 0 Å². The van der Waals surface area contributed by atoms with Gasteiger partial charge in [0.15, 0.2) is 5.75 Å². The second kappa shape index (κ2) is 8.08. The Labute approximate surface area is 131 Å². The first-order valence-electron chi connectivity index (χ1n) is 6.19. The lowest BCUT2D eigenvalue weighted by Gasteiger charge is -2.21.